The van der Waals surface area contributed by atoms with Crippen LogP contribution in [0.3, 0.4) is 0 Å². The number of halogens is 2. The van der Waals surface area contributed by atoms with Crippen LogP contribution in [0.25, 0.3) is 0 Å². The second-order valence-corrected chi connectivity index (χ2v) is 4.59. The molecule has 0 saturated carbocycles. The van der Waals surface area contributed by atoms with Gasteiger partial charge in [-0.2, -0.15) is 0 Å². The van der Waals surface area contributed by atoms with E-state index in [0.717, 1.165) is 12.1 Å². The summed E-state index contributed by atoms with van der Waals surface area (Å²) in [6.07, 6.45) is 0.773. The Bertz CT molecular complexity index is 522. The third-order valence-corrected chi connectivity index (χ3v) is 2.79. The fourth-order valence-corrected chi connectivity index (χ4v) is 1.72. The molecule has 0 aromatic heterocycles. The van der Waals surface area contributed by atoms with Crippen molar-refractivity contribution in [2.75, 3.05) is 5.32 Å². The van der Waals surface area contributed by atoms with E-state index in [1.165, 1.54) is 6.92 Å². The number of anilines is 1. The molecular formula is C13H16F2N2O3. The number of carbonyl (C=O) groups is 2. The van der Waals surface area contributed by atoms with E-state index >= 15 is 0 Å². The Kier molecular flexibility index (Phi) is 5.01. The highest BCUT2D eigenvalue weighted by molar-refractivity contribution is 5.93. The van der Waals surface area contributed by atoms with Gasteiger partial charge in [-0.25, -0.2) is 18.4 Å². The summed E-state index contributed by atoms with van der Waals surface area (Å²) in [4.78, 5) is 22.8. The van der Waals surface area contributed by atoms with Gasteiger partial charge < -0.3 is 15.7 Å². The van der Waals surface area contributed by atoms with E-state index in [9.17, 15) is 18.4 Å². The van der Waals surface area contributed by atoms with E-state index in [-0.39, 0.29) is 12.1 Å². The van der Waals surface area contributed by atoms with Crippen molar-refractivity contribution in [2.24, 2.45) is 0 Å². The molecule has 0 spiro atoms. The predicted molar refractivity (Wildman–Crippen MR) is 69.5 cm³/mol. The fraction of sp³-hybridized carbons (Fsp3) is 0.385. The summed E-state index contributed by atoms with van der Waals surface area (Å²) in [7, 11) is 0. The Morgan fingerprint density at radius 1 is 1.35 bits per heavy atom. The van der Waals surface area contributed by atoms with Crippen molar-refractivity contribution in [3.63, 3.8) is 0 Å². The zero-order chi connectivity index (χ0) is 15.3. The van der Waals surface area contributed by atoms with Crippen molar-refractivity contribution < 1.29 is 23.5 Å². The van der Waals surface area contributed by atoms with Gasteiger partial charge in [0, 0.05) is 6.07 Å². The van der Waals surface area contributed by atoms with Crippen LogP contribution in [0.1, 0.15) is 26.7 Å². The third kappa shape index (κ3) is 3.91. The molecule has 1 aromatic rings. The Morgan fingerprint density at radius 2 is 2.00 bits per heavy atom. The monoisotopic (exact) mass is 286 g/mol. The van der Waals surface area contributed by atoms with Crippen molar-refractivity contribution >= 4 is 17.7 Å². The van der Waals surface area contributed by atoms with Crippen LogP contribution in [0, 0.1) is 11.6 Å². The van der Waals surface area contributed by atoms with E-state index in [1.54, 1.807) is 6.92 Å². The Balaban J connectivity index is 2.78. The van der Waals surface area contributed by atoms with Crippen molar-refractivity contribution in [1.29, 1.82) is 0 Å². The molecule has 3 N–H and O–H groups in total. The highest BCUT2D eigenvalue weighted by atomic mass is 19.1. The summed E-state index contributed by atoms with van der Waals surface area (Å²) in [6, 6.07) is 1.80. The molecule has 0 bridgehead atoms. The number of carboxylic acids is 1. The molecule has 20 heavy (non-hydrogen) atoms. The van der Waals surface area contributed by atoms with Crippen molar-refractivity contribution in [2.45, 2.75) is 32.2 Å². The van der Waals surface area contributed by atoms with Gasteiger partial charge >= 0.3 is 12.0 Å². The smallest absolute Gasteiger partial charge is 0.329 e. The normalized spacial score (nSPS) is 13.4. The van der Waals surface area contributed by atoms with E-state index < -0.39 is 29.2 Å². The first-order valence-corrected chi connectivity index (χ1v) is 6.06. The van der Waals surface area contributed by atoms with Crippen molar-refractivity contribution in [3.8, 4) is 0 Å². The lowest BCUT2D eigenvalue weighted by molar-refractivity contribution is -0.143. The number of nitrogens with one attached hydrogen (secondary N) is 2. The average Bonchev–Trinajstić information content (AvgIpc) is 2.32. The fourth-order valence-electron chi connectivity index (χ4n) is 1.72. The van der Waals surface area contributed by atoms with Crippen molar-refractivity contribution in [3.05, 3.63) is 29.8 Å². The van der Waals surface area contributed by atoms with Gasteiger partial charge in [-0.05, 0) is 25.5 Å². The number of amides is 2. The molecule has 0 saturated heterocycles. The second kappa shape index (κ2) is 6.31. The maximum atomic E-state index is 13.4. The summed E-state index contributed by atoms with van der Waals surface area (Å²) in [6.45, 7) is 3.14. The SMILES string of the molecule is CCCC(C)(NC(=O)Nc1ccc(F)cc1F)C(=O)O. The number of carboxylic acid groups (broad SMARTS) is 1. The van der Waals surface area contributed by atoms with E-state index in [1.807, 2.05) is 0 Å². The average molecular weight is 286 g/mol. The largest absolute Gasteiger partial charge is 0.480 e. The molecule has 1 aromatic carbocycles. The Labute approximate surface area is 115 Å². The van der Waals surface area contributed by atoms with E-state index in [4.69, 9.17) is 5.11 Å². The molecule has 1 atom stereocenters. The lowest BCUT2D eigenvalue weighted by Crippen LogP contribution is -2.53. The molecular weight excluding hydrogens is 270 g/mol. The molecule has 0 fully saturated rings. The van der Waals surface area contributed by atoms with Gasteiger partial charge in [0.15, 0.2) is 0 Å². The van der Waals surface area contributed by atoms with Crippen molar-refractivity contribution in [1.82, 2.24) is 5.32 Å². The van der Waals surface area contributed by atoms with Gasteiger partial charge in [0.05, 0.1) is 5.69 Å². The number of aliphatic carboxylic acids is 1. The third-order valence-electron chi connectivity index (χ3n) is 2.79. The molecule has 2 amide bonds. The first-order valence-electron chi connectivity index (χ1n) is 6.06. The van der Waals surface area contributed by atoms with E-state index in [2.05, 4.69) is 10.6 Å². The minimum atomic E-state index is -1.45. The Hall–Kier alpha value is -2.18. The topological polar surface area (TPSA) is 78.4 Å². The Morgan fingerprint density at radius 3 is 2.50 bits per heavy atom. The van der Waals surface area contributed by atoms with Crippen LogP contribution in [-0.2, 0) is 4.79 Å². The van der Waals surface area contributed by atoms with Gasteiger partial charge in [-0.15, -0.1) is 0 Å². The standard InChI is InChI=1S/C13H16F2N2O3/c1-3-6-13(2,11(18)19)17-12(20)16-10-5-4-8(14)7-9(10)15/h4-5,7H,3,6H2,1-2H3,(H,18,19)(H2,16,17,20). The van der Waals surface area contributed by atoms with Crippen LogP contribution >= 0.6 is 0 Å². The number of urea groups is 1. The van der Waals surface area contributed by atoms with Crippen LogP contribution < -0.4 is 10.6 Å². The number of hydrogen-bond acceptors (Lipinski definition) is 2. The van der Waals surface area contributed by atoms with Gasteiger partial charge in [0.25, 0.3) is 0 Å². The summed E-state index contributed by atoms with van der Waals surface area (Å²) in [5, 5.41) is 13.5. The summed E-state index contributed by atoms with van der Waals surface area (Å²) < 4.78 is 26.1. The predicted octanol–water partition coefficient (Wildman–Crippen LogP) is 2.73. The highest BCUT2D eigenvalue weighted by Gasteiger charge is 2.33. The molecule has 0 heterocycles. The highest BCUT2D eigenvalue weighted by Crippen LogP contribution is 2.16. The molecule has 0 aliphatic rings. The lowest BCUT2D eigenvalue weighted by atomic mass is 9.97. The quantitative estimate of drug-likeness (QED) is 0.778. The first-order chi connectivity index (χ1) is 9.28. The molecule has 0 aliphatic carbocycles. The van der Waals surface area contributed by atoms with Gasteiger partial charge in [-0.1, -0.05) is 13.3 Å². The van der Waals surface area contributed by atoms with E-state index in [0.29, 0.717) is 12.5 Å². The van der Waals surface area contributed by atoms with Crippen LogP contribution in [0.2, 0.25) is 0 Å². The molecule has 110 valence electrons. The molecule has 0 radical (unpaired) electrons. The molecule has 0 aliphatic heterocycles. The van der Waals surface area contributed by atoms with Crippen LogP contribution in [0.5, 0.6) is 0 Å². The number of carbonyl (C=O) groups excluding carboxylic acids is 1. The number of rotatable bonds is 5. The maximum absolute atomic E-state index is 13.4. The minimum Gasteiger partial charge on any atom is -0.480 e. The molecule has 1 rings (SSSR count). The zero-order valence-electron chi connectivity index (χ0n) is 11.2. The van der Waals surface area contributed by atoms with Crippen LogP contribution in [0.15, 0.2) is 18.2 Å². The second-order valence-electron chi connectivity index (χ2n) is 4.59. The maximum Gasteiger partial charge on any atom is 0.329 e. The van der Waals surface area contributed by atoms with Gasteiger partial charge in [0.1, 0.15) is 17.2 Å². The summed E-state index contributed by atoms with van der Waals surface area (Å²) >= 11 is 0. The minimum absolute atomic E-state index is 0.224. The summed E-state index contributed by atoms with van der Waals surface area (Å²) in [5.74, 6) is -2.89. The molecule has 5 nitrogen and oxygen atoms in total. The lowest BCUT2D eigenvalue weighted by Gasteiger charge is -2.25. The molecule has 7 heteroatoms. The van der Waals surface area contributed by atoms with Crippen LogP contribution in [0.4, 0.5) is 19.3 Å². The number of hydrogen-bond donors (Lipinski definition) is 3. The van der Waals surface area contributed by atoms with Gasteiger partial charge in [0.2, 0.25) is 0 Å². The number of benzene rings is 1. The summed E-state index contributed by atoms with van der Waals surface area (Å²) in [5.41, 5.74) is -1.68. The zero-order valence-corrected chi connectivity index (χ0v) is 11.2. The first kappa shape index (κ1) is 15.9. The van der Waals surface area contributed by atoms with Crippen LogP contribution in [-0.4, -0.2) is 22.6 Å². The van der Waals surface area contributed by atoms with Gasteiger partial charge in [-0.3, -0.25) is 0 Å². The molecule has 1 unspecified atom stereocenters.